The zero-order valence-corrected chi connectivity index (χ0v) is 17.1. The van der Waals surface area contributed by atoms with Crippen LogP contribution >= 0.6 is 11.3 Å². The van der Waals surface area contributed by atoms with Gasteiger partial charge in [-0.25, -0.2) is 9.97 Å². The average molecular weight is 414 g/mol. The number of imidazole rings is 1. The Hall–Kier alpha value is -3.52. The van der Waals surface area contributed by atoms with Crippen molar-refractivity contribution >= 4 is 33.4 Å². The molecule has 0 saturated heterocycles. The Balaban J connectivity index is 1.48. The summed E-state index contributed by atoms with van der Waals surface area (Å²) in [5.74, 6) is 1.01. The number of thiophene rings is 1. The van der Waals surface area contributed by atoms with Gasteiger partial charge in [-0.1, -0.05) is 6.08 Å². The lowest BCUT2D eigenvalue weighted by Crippen LogP contribution is -2.16. The first-order chi connectivity index (χ1) is 14.8. The van der Waals surface area contributed by atoms with Crippen molar-refractivity contribution in [1.82, 2.24) is 35.5 Å². The molecule has 0 fully saturated rings. The van der Waals surface area contributed by atoms with Crippen LogP contribution in [0.5, 0.6) is 0 Å². The third-order valence-corrected chi connectivity index (χ3v) is 6.46. The second-order valence-corrected chi connectivity index (χ2v) is 8.75. The maximum atomic E-state index is 4.94. The fraction of sp³-hybridized carbons (Fsp3) is 0.182. The summed E-state index contributed by atoms with van der Waals surface area (Å²) in [4.78, 5) is 20.2. The monoisotopic (exact) mass is 413 g/mol. The second-order valence-electron chi connectivity index (χ2n) is 7.46. The Kier molecular flexibility index (Phi) is 3.92. The van der Waals surface area contributed by atoms with Gasteiger partial charge in [0.2, 0.25) is 0 Å². The molecule has 3 N–H and O–H groups in total. The van der Waals surface area contributed by atoms with Crippen molar-refractivity contribution in [2.24, 2.45) is 0 Å². The van der Waals surface area contributed by atoms with Crippen LogP contribution in [0.25, 0.3) is 44.2 Å². The molecule has 6 rings (SSSR count). The van der Waals surface area contributed by atoms with Crippen molar-refractivity contribution in [2.45, 2.75) is 19.3 Å². The molecule has 30 heavy (non-hydrogen) atoms. The van der Waals surface area contributed by atoms with Crippen molar-refractivity contribution in [3.05, 3.63) is 59.4 Å². The zero-order chi connectivity index (χ0) is 20.1. The fourth-order valence-electron chi connectivity index (χ4n) is 3.92. The van der Waals surface area contributed by atoms with Crippen LogP contribution in [0.2, 0.25) is 0 Å². The van der Waals surface area contributed by atoms with Crippen LogP contribution in [0.4, 0.5) is 0 Å². The van der Waals surface area contributed by atoms with Gasteiger partial charge < -0.3 is 10.3 Å². The Morgan fingerprint density at radius 3 is 2.77 bits per heavy atom. The van der Waals surface area contributed by atoms with Gasteiger partial charge in [0.15, 0.2) is 11.5 Å². The number of H-pyrrole nitrogens is 2. The molecule has 6 heterocycles. The summed E-state index contributed by atoms with van der Waals surface area (Å²) in [6.07, 6.45) is 7.02. The first-order valence-corrected chi connectivity index (χ1v) is 10.7. The maximum absolute atomic E-state index is 4.94. The van der Waals surface area contributed by atoms with Gasteiger partial charge in [-0.2, -0.15) is 5.10 Å². The summed E-state index contributed by atoms with van der Waals surface area (Å²) in [6.45, 7) is 3.06. The molecule has 0 bridgehead atoms. The molecular weight excluding hydrogens is 394 g/mol. The van der Waals surface area contributed by atoms with E-state index in [1.807, 2.05) is 24.5 Å². The lowest BCUT2D eigenvalue weighted by molar-refractivity contribution is 0.646. The number of fused-ring (bicyclic) bond motifs is 2. The second kappa shape index (κ2) is 6.77. The van der Waals surface area contributed by atoms with Crippen molar-refractivity contribution in [3.63, 3.8) is 0 Å². The van der Waals surface area contributed by atoms with Gasteiger partial charge in [-0.05, 0) is 49.9 Å². The van der Waals surface area contributed by atoms with Crippen LogP contribution in [-0.2, 0) is 0 Å². The number of pyridine rings is 2. The van der Waals surface area contributed by atoms with Gasteiger partial charge in [0, 0.05) is 29.2 Å². The third-order valence-electron chi connectivity index (χ3n) is 5.45. The van der Waals surface area contributed by atoms with Gasteiger partial charge in [0.1, 0.15) is 16.7 Å². The molecule has 1 aliphatic rings. The van der Waals surface area contributed by atoms with E-state index in [2.05, 4.69) is 56.7 Å². The number of nitrogens with zero attached hydrogens (tertiary/aromatic N) is 4. The first-order valence-electron chi connectivity index (χ1n) is 9.93. The summed E-state index contributed by atoms with van der Waals surface area (Å²) in [5.41, 5.74) is 6.20. The van der Waals surface area contributed by atoms with E-state index in [4.69, 9.17) is 9.97 Å². The van der Waals surface area contributed by atoms with E-state index in [0.29, 0.717) is 11.7 Å². The zero-order valence-electron chi connectivity index (χ0n) is 16.3. The van der Waals surface area contributed by atoms with Crippen LogP contribution in [0, 0.1) is 6.92 Å². The normalized spacial score (nSPS) is 16.4. The summed E-state index contributed by atoms with van der Waals surface area (Å²) in [6, 6.07) is 10.3. The summed E-state index contributed by atoms with van der Waals surface area (Å²) in [7, 11) is 0. The van der Waals surface area contributed by atoms with Crippen LogP contribution in [0.1, 0.15) is 22.9 Å². The van der Waals surface area contributed by atoms with Gasteiger partial charge in [0.25, 0.3) is 0 Å². The van der Waals surface area contributed by atoms with Gasteiger partial charge in [-0.3, -0.25) is 10.1 Å². The number of allylic oxidation sites excluding steroid dienone is 1. The predicted molar refractivity (Wildman–Crippen MR) is 119 cm³/mol. The predicted octanol–water partition coefficient (Wildman–Crippen LogP) is 4.52. The highest BCUT2D eigenvalue weighted by molar-refractivity contribution is 7.15. The van der Waals surface area contributed by atoms with Crippen molar-refractivity contribution in [2.75, 3.05) is 6.54 Å². The molecule has 0 saturated carbocycles. The van der Waals surface area contributed by atoms with Crippen LogP contribution in [0.3, 0.4) is 0 Å². The quantitative estimate of drug-likeness (QED) is 0.404. The first kappa shape index (κ1) is 17.3. The number of rotatable bonds is 3. The smallest absolute Gasteiger partial charge is 0.161 e. The molecule has 0 spiro atoms. The van der Waals surface area contributed by atoms with Crippen molar-refractivity contribution in [3.8, 4) is 22.1 Å². The SMILES string of the molecule is Cc1ccc(-c2nccc3[nH]c(-c4n[nH]c5ccc(C6C=CNCC6)nc45)nc23)s1. The molecule has 8 heteroatoms. The molecule has 1 aliphatic heterocycles. The van der Waals surface area contributed by atoms with E-state index in [-0.39, 0.29) is 0 Å². The van der Waals surface area contributed by atoms with Gasteiger partial charge in [0.05, 0.1) is 15.9 Å². The van der Waals surface area contributed by atoms with Crippen LogP contribution in [-0.4, -0.2) is 36.7 Å². The molecule has 5 aromatic rings. The van der Waals surface area contributed by atoms with Gasteiger partial charge >= 0.3 is 0 Å². The van der Waals surface area contributed by atoms with Crippen LogP contribution < -0.4 is 5.32 Å². The average Bonchev–Trinajstić information content (AvgIpc) is 3.51. The maximum Gasteiger partial charge on any atom is 0.161 e. The lowest BCUT2D eigenvalue weighted by atomic mass is 9.98. The van der Waals surface area contributed by atoms with Gasteiger partial charge in [-0.15, -0.1) is 11.3 Å². The fourth-order valence-corrected chi connectivity index (χ4v) is 4.79. The minimum Gasteiger partial charge on any atom is -0.391 e. The summed E-state index contributed by atoms with van der Waals surface area (Å²) in [5, 5.41) is 10.9. The summed E-state index contributed by atoms with van der Waals surface area (Å²) >= 11 is 1.72. The molecule has 0 radical (unpaired) electrons. The third kappa shape index (κ3) is 2.80. The number of aryl methyl sites for hydroxylation is 1. The Morgan fingerprint density at radius 1 is 1.00 bits per heavy atom. The highest BCUT2D eigenvalue weighted by Crippen LogP contribution is 2.33. The van der Waals surface area contributed by atoms with E-state index in [1.54, 1.807) is 11.3 Å². The minimum absolute atomic E-state index is 0.312. The van der Waals surface area contributed by atoms with E-state index in [0.717, 1.165) is 57.0 Å². The van der Waals surface area contributed by atoms with Crippen molar-refractivity contribution in [1.29, 1.82) is 0 Å². The van der Waals surface area contributed by atoms with Crippen molar-refractivity contribution < 1.29 is 0 Å². The Bertz CT molecular complexity index is 1410. The molecule has 5 aromatic heterocycles. The van der Waals surface area contributed by atoms with E-state index >= 15 is 0 Å². The number of aromatic amines is 2. The molecule has 0 aliphatic carbocycles. The molecule has 0 aromatic carbocycles. The Labute approximate surface area is 176 Å². The van der Waals surface area contributed by atoms with Crippen LogP contribution in [0.15, 0.2) is 48.8 Å². The molecule has 0 amide bonds. The molecule has 1 unspecified atom stereocenters. The standard InChI is InChI=1S/C22H19N7S/c1-12-2-5-17(30-12)20-18-15(8-11-24-20)26-22(27-18)21-19-16(28-29-21)4-3-14(25-19)13-6-9-23-10-7-13/h2-6,8-9,11,13,23H,7,10H2,1H3,(H,26,27)(H,28,29). The highest BCUT2D eigenvalue weighted by Gasteiger charge is 2.19. The Morgan fingerprint density at radius 2 is 1.93 bits per heavy atom. The highest BCUT2D eigenvalue weighted by atomic mass is 32.1. The summed E-state index contributed by atoms with van der Waals surface area (Å²) < 4.78 is 0. The number of hydrogen-bond acceptors (Lipinski definition) is 6. The molecular formula is C22H19N7S. The molecule has 7 nitrogen and oxygen atoms in total. The van der Waals surface area contributed by atoms with E-state index in [1.165, 1.54) is 4.88 Å². The van der Waals surface area contributed by atoms with E-state index < -0.39 is 0 Å². The lowest BCUT2D eigenvalue weighted by Gasteiger charge is -2.16. The topological polar surface area (TPSA) is 95.2 Å². The van der Waals surface area contributed by atoms with E-state index in [9.17, 15) is 0 Å². The largest absolute Gasteiger partial charge is 0.391 e. The number of aromatic nitrogens is 6. The number of nitrogens with one attached hydrogen (secondary N) is 3. The number of hydrogen-bond donors (Lipinski definition) is 3. The minimum atomic E-state index is 0.312. The molecule has 1 atom stereocenters. The molecule has 148 valence electrons.